The molecule has 1 aromatic heterocycles. The van der Waals surface area contributed by atoms with E-state index in [0.717, 1.165) is 16.0 Å². The number of nitrogens with zero attached hydrogens (tertiary/aromatic N) is 2. The lowest BCUT2D eigenvalue weighted by molar-refractivity contribution is 0.198. The monoisotopic (exact) mass is 351 g/mol. The lowest BCUT2D eigenvalue weighted by atomic mass is 9.99. The van der Waals surface area contributed by atoms with Gasteiger partial charge in [-0.1, -0.05) is 32.9 Å². The number of H-pyrrole nitrogens is 1. The predicted molar refractivity (Wildman–Crippen MR) is 103 cm³/mol. The predicted octanol–water partition coefficient (Wildman–Crippen LogP) is 3.00. The highest BCUT2D eigenvalue weighted by Gasteiger charge is 2.10. The van der Waals surface area contributed by atoms with E-state index in [1.54, 1.807) is 24.3 Å². The Balaban J connectivity index is 1.83. The first-order chi connectivity index (χ1) is 12.3. The second-order valence-corrected chi connectivity index (χ2v) is 7.26. The molecule has 0 aliphatic heterocycles. The molecule has 0 saturated heterocycles. The molecule has 0 amide bonds. The summed E-state index contributed by atoms with van der Waals surface area (Å²) in [4.78, 5) is 27.1. The van der Waals surface area contributed by atoms with Gasteiger partial charge in [-0.05, 0) is 47.4 Å². The van der Waals surface area contributed by atoms with E-state index in [1.165, 1.54) is 6.21 Å². The number of benzene rings is 2. The Morgan fingerprint density at radius 3 is 2.46 bits per heavy atom. The average Bonchev–Trinajstić information content (AvgIpc) is 2.60. The van der Waals surface area contributed by atoms with E-state index in [0.29, 0.717) is 17.5 Å². The Morgan fingerprint density at radius 1 is 1.08 bits per heavy atom. The van der Waals surface area contributed by atoms with Crippen LogP contribution < -0.4 is 16.0 Å². The third kappa shape index (κ3) is 4.08. The molecular weight excluding hydrogens is 330 g/mol. The number of hydrogen-bond acceptors (Lipinski definition) is 4. The molecule has 0 atom stereocenters. The molecule has 2 aromatic carbocycles. The molecular formula is C20H21N3O3. The molecule has 0 spiro atoms. The van der Waals surface area contributed by atoms with Crippen LogP contribution in [0.3, 0.4) is 0 Å². The van der Waals surface area contributed by atoms with Gasteiger partial charge in [-0.25, -0.2) is 4.79 Å². The van der Waals surface area contributed by atoms with Crippen LogP contribution >= 0.6 is 0 Å². The second kappa shape index (κ2) is 7.00. The van der Waals surface area contributed by atoms with Crippen molar-refractivity contribution in [2.24, 2.45) is 10.5 Å². The van der Waals surface area contributed by atoms with Crippen molar-refractivity contribution in [1.29, 1.82) is 0 Å². The van der Waals surface area contributed by atoms with Crippen molar-refractivity contribution in [3.05, 3.63) is 74.9 Å². The number of hydrogen-bond donors (Lipinski definition) is 1. The SMILES string of the molecule is CC(C)(C)COc1ccc(C=Nn2c(=O)[nH]c3ccccc3c2=O)cc1. The summed E-state index contributed by atoms with van der Waals surface area (Å²) in [6.07, 6.45) is 1.47. The standard InChI is InChI=1S/C20H21N3O3/c1-20(2,3)13-26-15-10-8-14(9-11-15)12-21-23-18(24)16-6-4-5-7-17(16)22-19(23)25/h4-12H,13H2,1-3H3,(H,22,25). The van der Waals surface area contributed by atoms with E-state index >= 15 is 0 Å². The molecule has 0 fully saturated rings. The summed E-state index contributed by atoms with van der Waals surface area (Å²) in [6.45, 7) is 6.93. The van der Waals surface area contributed by atoms with Gasteiger partial charge in [0.2, 0.25) is 0 Å². The van der Waals surface area contributed by atoms with E-state index in [1.807, 2.05) is 24.3 Å². The fourth-order valence-corrected chi connectivity index (χ4v) is 2.33. The molecule has 26 heavy (non-hydrogen) atoms. The van der Waals surface area contributed by atoms with Crippen LogP contribution in [0.15, 0.2) is 63.2 Å². The number of nitrogens with one attached hydrogen (secondary N) is 1. The van der Waals surface area contributed by atoms with Crippen molar-refractivity contribution in [1.82, 2.24) is 9.66 Å². The number of fused-ring (bicyclic) bond motifs is 1. The van der Waals surface area contributed by atoms with Crippen LogP contribution in [0.4, 0.5) is 0 Å². The zero-order valence-electron chi connectivity index (χ0n) is 15.0. The molecule has 0 radical (unpaired) electrons. The topological polar surface area (TPSA) is 76.5 Å². The molecule has 0 saturated carbocycles. The molecule has 3 aromatic rings. The minimum absolute atomic E-state index is 0.0818. The maximum Gasteiger partial charge on any atom is 0.349 e. The summed E-state index contributed by atoms with van der Waals surface area (Å²) in [6, 6.07) is 14.1. The van der Waals surface area contributed by atoms with E-state index in [2.05, 4.69) is 30.9 Å². The second-order valence-electron chi connectivity index (χ2n) is 7.26. The number of aromatic amines is 1. The average molecular weight is 351 g/mol. The van der Waals surface area contributed by atoms with Gasteiger partial charge in [0.15, 0.2) is 0 Å². The van der Waals surface area contributed by atoms with Crippen molar-refractivity contribution in [2.45, 2.75) is 20.8 Å². The Labute approximate surface area is 150 Å². The minimum Gasteiger partial charge on any atom is -0.493 e. The quantitative estimate of drug-likeness (QED) is 0.734. The molecule has 1 N–H and O–H groups in total. The van der Waals surface area contributed by atoms with Gasteiger partial charge in [-0.3, -0.25) is 4.79 Å². The largest absolute Gasteiger partial charge is 0.493 e. The lowest BCUT2D eigenvalue weighted by Crippen LogP contribution is -2.32. The molecule has 134 valence electrons. The molecule has 0 aliphatic carbocycles. The Hall–Kier alpha value is -3.15. The highest BCUT2D eigenvalue weighted by atomic mass is 16.5. The fourth-order valence-electron chi connectivity index (χ4n) is 2.33. The molecule has 1 heterocycles. The number of ether oxygens (including phenoxy) is 1. The summed E-state index contributed by atoms with van der Waals surface area (Å²) in [5.74, 6) is 0.762. The van der Waals surface area contributed by atoms with Crippen LogP contribution in [0, 0.1) is 5.41 Å². The lowest BCUT2D eigenvalue weighted by Gasteiger charge is -2.18. The highest BCUT2D eigenvalue weighted by molar-refractivity contribution is 5.80. The normalized spacial score (nSPS) is 12.0. The van der Waals surface area contributed by atoms with Gasteiger partial charge >= 0.3 is 5.69 Å². The number of aromatic nitrogens is 2. The van der Waals surface area contributed by atoms with Gasteiger partial charge in [-0.15, -0.1) is 4.68 Å². The smallest absolute Gasteiger partial charge is 0.349 e. The third-order valence-electron chi connectivity index (χ3n) is 3.66. The highest BCUT2D eigenvalue weighted by Crippen LogP contribution is 2.17. The Morgan fingerprint density at radius 2 is 1.77 bits per heavy atom. The fraction of sp³-hybridized carbons (Fsp3) is 0.250. The van der Waals surface area contributed by atoms with Gasteiger partial charge in [0.1, 0.15) is 5.75 Å². The van der Waals surface area contributed by atoms with Gasteiger partial charge < -0.3 is 9.72 Å². The summed E-state index contributed by atoms with van der Waals surface area (Å²) >= 11 is 0. The van der Waals surface area contributed by atoms with Crippen molar-refractivity contribution < 1.29 is 4.74 Å². The van der Waals surface area contributed by atoms with E-state index in [9.17, 15) is 9.59 Å². The number of rotatable bonds is 4. The first-order valence-corrected chi connectivity index (χ1v) is 8.35. The third-order valence-corrected chi connectivity index (χ3v) is 3.66. The summed E-state index contributed by atoms with van der Waals surface area (Å²) in [5, 5.41) is 4.45. The van der Waals surface area contributed by atoms with Gasteiger partial charge in [0, 0.05) is 0 Å². The minimum atomic E-state index is -0.574. The maximum atomic E-state index is 12.4. The van der Waals surface area contributed by atoms with E-state index in [-0.39, 0.29) is 5.41 Å². The van der Waals surface area contributed by atoms with E-state index < -0.39 is 11.2 Å². The van der Waals surface area contributed by atoms with Crippen molar-refractivity contribution in [3.8, 4) is 5.75 Å². The van der Waals surface area contributed by atoms with Crippen molar-refractivity contribution in [2.75, 3.05) is 6.61 Å². The van der Waals surface area contributed by atoms with Crippen LogP contribution in [0.1, 0.15) is 26.3 Å². The van der Waals surface area contributed by atoms with E-state index in [4.69, 9.17) is 4.74 Å². The molecule has 0 bridgehead atoms. The molecule has 0 aliphatic rings. The maximum absolute atomic E-state index is 12.4. The van der Waals surface area contributed by atoms with Crippen molar-refractivity contribution >= 4 is 17.1 Å². The molecule has 0 unspecified atom stereocenters. The molecule has 6 nitrogen and oxygen atoms in total. The van der Waals surface area contributed by atoms with Crippen LogP contribution in [0.5, 0.6) is 5.75 Å². The van der Waals surface area contributed by atoms with Crippen LogP contribution in [-0.4, -0.2) is 22.5 Å². The van der Waals surface area contributed by atoms with Crippen LogP contribution in [-0.2, 0) is 0 Å². The molecule has 3 rings (SSSR count). The summed E-state index contributed by atoms with van der Waals surface area (Å²) < 4.78 is 6.55. The number of para-hydroxylation sites is 1. The first-order valence-electron chi connectivity index (χ1n) is 8.35. The van der Waals surface area contributed by atoms with Gasteiger partial charge in [0.05, 0.1) is 23.7 Å². The Bertz CT molecular complexity index is 1050. The zero-order chi connectivity index (χ0) is 18.7. The summed E-state index contributed by atoms with van der Waals surface area (Å²) in [7, 11) is 0. The first kappa shape index (κ1) is 17.7. The zero-order valence-corrected chi connectivity index (χ0v) is 15.0. The molecule has 6 heteroatoms. The van der Waals surface area contributed by atoms with Gasteiger partial charge in [-0.2, -0.15) is 5.10 Å². The van der Waals surface area contributed by atoms with Crippen LogP contribution in [0.25, 0.3) is 10.9 Å². The Kier molecular flexibility index (Phi) is 4.75. The summed E-state index contributed by atoms with van der Waals surface area (Å²) in [5.41, 5.74) is 0.306. The van der Waals surface area contributed by atoms with Crippen molar-refractivity contribution in [3.63, 3.8) is 0 Å². The van der Waals surface area contributed by atoms with Gasteiger partial charge in [0.25, 0.3) is 5.56 Å². The van der Waals surface area contributed by atoms with Crippen LogP contribution in [0.2, 0.25) is 0 Å².